The highest BCUT2D eigenvalue weighted by Crippen LogP contribution is 2.23. The lowest BCUT2D eigenvalue weighted by molar-refractivity contribution is -0.120. The van der Waals surface area contributed by atoms with Gasteiger partial charge in [0, 0.05) is 22.1 Å². The first-order valence-corrected chi connectivity index (χ1v) is 11.8. The molecular weight excluding hydrogens is 474 g/mol. The van der Waals surface area contributed by atoms with Crippen molar-refractivity contribution in [2.75, 3.05) is 24.8 Å². The van der Waals surface area contributed by atoms with Gasteiger partial charge in [-0.2, -0.15) is 5.10 Å². The Labute approximate surface area is 207 Å². The van der Waals surface area contributed by atoms with Crippen LogP contribution < -0.4 is 20.2 Å². The molecule has 0 heterocycles. The Hall–Kier alpha value is -3.49. The van der Waals surface area contributed by atoms with Gasteiger partial charge in [0.2, 0.25) is 5.91 Å². The molecule has 9 heteroatoms. The average molecular weight is 498 g/mol. The van der Waals surface area contributed by atoms with Crippen LogP contribution in [0.3, 0.4) is 0 Å². The van der Waals surface area contributed by atoms with Crippen molar-refractivity contribution in [3.63, 3.8) is 0 Å². The zero-order valence-corrected chi connectivity index (χ0v) is 20.1. The van der Waals surface area contributed by atoms with E-state index < -0.39 is 0 Å². The van der Waals surface area contributed by atoms with Crippen LogP contribution in [-0.2, 0) is 9.59 Å². The highest BCUT2D eigenvalue weighted by atomic mass is 35.5. The van der Waals surface area contributed by atoms with Crippen molar-refractivity contribution in [3.8, 4) is 11.5 Å². The number of para-hydroxylation sites is 2. The summed E-state index contributed by atoms with van der Waals surface area (Å²) in [5, 5.41) is 7.41. The minimum absolute atomic E-state index is 0.143. The number of nitrogens with zero attached hydrogens (tertiary/aromatic N) is 1. The fraction of sp³-hybridized carbons (Fsp3) is 0.160. The maximum absolute atomic E-state index is 12.1. The summed E-state index contributed by atoms with van der Waals surface area (Å²) in [6.45, 7) is -0.143. The minimum Gasteiger partial charge on any atom is -0.495 e. The van der Waals surface area contributed by atoms with Crippen molar-refractivity contribution in [2.24, 2.45) is 5.10 Å². The Kier molecular flexibility index (Phi) is 9.81. The van der Waals surface area contributed by atoms with Crippen molar-refractivity contribution in [1.29, 1.82) is 0 Å². The lowest BCUT2D eigenvalue weighted by Crippen LogP contribution is -2.20. The van der Waals surface area contributed by atoms with Gasteiger partial charge in [0.25, 0.3) is 5.91 Å². The molecule has 0 bridgehead atoms. The molecule has 3 aromatic rings. The molecule has 0 saturated heterocycles. The van der Waals surface area contributed by atoms with Crippen molar-refractivity contribution >= 4 is 47.1 Å². The van der Waals surface area contributed by atoms with Gasteiger partial charge in [-0.1, -0.05) is 23.7 Å². The monoisotopic (exact) mass is 497 g/mol. The van der Waals surface area contributed by atoms with Crippen molar-refractivity contribution in [1.82, 2.24) is 5.43 Å². The van der Waals surface area contributed by atoms with Crippen LogP contribution in [0.5, 0.6) is 11.5 Å². The molecule has 3 rings (SSSR count). The lowest BCUT2D eigenvalue weighted by Gasteiger charge is -2.10. The van der Waals surface area contributed by atoms with E-state index in [4.69, 9.17) is 21.1 Å². The van der Waals surface area contributed by atoms with Gasteiger partial charge in [-0.25, -0.2) is 5.43 Å². The number of anilines is 1. The number of thioether (sulfide) groups is 1. The molecule has 0 aliphatic heterocycles. The number of hydrogen-bond donors (Lipinski definition) is 2. The number of hydrogen-bond acceptors (Lipinski definition) is 6. The zero-order valence-electron chi connectivity index (χ0n) is 18.5. The highest BCUT2D eigenvalue weighted by Gasteiger charge is 2.08. The first-order valence-electron chi connectivity index (χ1n) is 10.4. The quantitative estimate of drug-likeness (QED) is 0.221. The molecule has 0 atom stereocenters. The van der Waals surface area contributed by atoms with Gasteiger partial charge in [-0.15, -0.1) is 11.8 Å². The molecule has 0 aliphatic carbocycles. The molecule has 0 unspecified atom stereocenters. The Morgan fingerprint density at radius 3 is 2.47 bits per heavy atom. The molecule has 2 N–H and O–H groups in total. The molecule has 0 aliphatic rings. The Morgan fingerprint density at radius 1 is 1.00 bits per heavy atom. The number of carbonyl (C=O) groups excluding carboxylic acids is 2. The number of amides is 2. The molecule has 0 saturated carbocycles. The minimum atomic E-state index is -0.299. The molecule has 2 amide bonds. The third-order valence-corrected chi connectivity index (χ3v) is 5.71. The highest BCUT2D eigenvalue weighted by molar-refractivity contribution is 7.99. The van der Waals surface area contributed by atoms with E-state index in [2.05, 4.69) is 15.8 Å². The molecule has 0 aromatic heterocycles. The van der Waals surface area contributed by atoms with Gasteiger partial charge in [-0.05, 0) is 66.2 Å². The number of benzene rings is 3. The van der Waals surface area contributed by atoms with E-state index in [0.29, 0.717) is 34.4 Å². The van der Waals surface area contributed by atoms with Crippen LogP contribution in [0.1, 0.15) is 12.0 Å². The number of ether oxygens (including phenoxy) is 2. The third kappa shape index (κ3) is 8.46. The predicted molar refractivity (Wildman–Crippen MR) is 136 cm³/mol. The molecular formula is C25H24ClN3O4S. The summed E-state index contributed by atoms with van der Waals surface area (Å²) >= 11 is 7.44. The van der Waals surface area contributed by atoms with Crippen LogP contribution in [0.2, 0.25) is 5.02 Å². The first kappa shape index (κ1) is 25.1. The Balaban J connectivity index is 1.37. The van der Waals surface area contributed by atoms with Crippen LogP contribution in [0.4, 0.5) is 5.69 Å². The number of nitrogens with one attached hydrogen (secondary N) is 2. The summed E-state index contributed by atoms with van der Waals surface area (Å²) in [5.74, 6) is 1.29. The summed E-state index contributed by atoms with van der Waals surface area (Å²) in [5.41, 5.74) is 3.87. The number of rotatable bonds is 11. The Morgan fingerprint density at radius 2 is 1.74 bits per heavy atom. The molecule has 7 nitrogen and oxygen atoms in total. The van der Waals surface area contributed by atoms with E-state index in [1.807, 2.05) is 36.4 Å². The van der Waals surface area contributed by atoms with Gasteiger partial charge in [0.1, 0.15) is 11.5 Å². The van der Waals surface area contributed by atoms with E-state index in [-0.39, 0.29) is 18.4 Å². The maximum atomic E-state index is 12.1. The van der Waals surface area contributed by atoms with Crippen LogP contribution in [0.25, 0.3) is 0 Å². The maximum Gasteiger partial charge on any atom is 0.262 e. The summed E-state index contributed by atoms with van der Waals surface area (Å²) in [4.78, 5) is 25.1. The van der Waals surface area contributed by atoms with E-state index in [0.717, 1.165) is 10.5 Å². The molecule has 0 spiro atoms. The largest absolute Gasteiger partial charge is 0.495 e. The van der Waals surface area contributed by atoms with Gasteiger partial charge < -0.3 is 14.8 Å². The molecule has 34 heavy (non-hydrogen) atoms. The number of hydrazone groups is 1. The van der Waals surface area contributed by atoms with Gasteiger partial charge in [-0.3, -0.25) is 9.59 Å². The predicted octanol–water partition coefficient (Wildman–Crippen LogP) is 5.00. The average Bonchev–Trinajstić information content (AvgIpc) is 2.85. The summed E-state index contributed by atoms with van der Waals surface area (Å²) in [6.07, 6.45) is 1.89. The number of carbonyl (C=O) groups is 2. The SMILES string of the molecule is COc1ccccc1NC(=O)COc1ccc(C=NNC(=O)CCSc2ccc(Cl)cc2)cc1. The third-order valence-electron chi connectivity index (χ3n) is 4.45. The van der Waals surface area contributed by atoms with E-state index in [9.17, 15) is 9.59 Å². The smallest absolute Gasteiger partial charge is 0.262 e. The topological polar surface area (TPSA) is 89.0 Å². The lowest BCUT2D eigenvalue weighted by atomic mass is 10.2. The van der Waals surface area contributed by atoms with Crippen molar-refractivity contribution in [3.05, 3.63) is 83.4 Å². The second-order valence-electron chi connectivity index (χ2n) is 6.95. The Bertz CT molecular complexity index is 1120. The zero-order chi connectivity index (χ0) is 24.2. The van der Waals surface area contributed by atoms with Crippen LogP contribution in [0, 0.1) is 0 Å². The van der Waals surface area contributed by atoms with E-state index >= 15 is 0 Å². The molecule has 3 aromatic carbocycles. The normalized spacial score (nSPS) is 10.6. The fourth-order valence-corrected chi connectivity index (χ4v) is 3.74. The van der Waals surface area contributed by atoms with Crippen LogP contribution in [-0.4, -0.2) is 37.5 Å². The first-order chi connectivity index (χ1) is 16.5. The number of halogens is 1. The standard InChI is InChI=1S/C25H24ClN3O4S/c1-32-23-5-3-2-4-22(23)28-25(31)17-33-20-10-6-18(7-11-20)16-27-29-24(30)14-15-34-21-12-8-19(26)9-13-21/h2-13,16H,14-15,17H2,1H3,(H,28,31)(H,29,30). The fourth-order valence-electron chi connectivity index (χ4n) is 2.76. The molecule has 176 valence electrons. The van der Waals surface area contributed by atoms with E-state index in [1.165, 1.54) is 0 Å². The van der Waals surface area contributed by atoms with Crippen molar-refractivity contribution < 1.29 is 19.1 Å². The number of methoxy groups -OCH3 is 1. The second-order valence-corrected chi connectivity index (χ2v) is 8.56. The summed E-state index contributed by atoms with van der Waals surface area (Å²) < 4.78 is 10.7. The summed E-state index contributed by atoms with van der Waals surface area (Å²) in [6, 6.07) is 21.6. The van der Waals surface area contributed by atoms with Crippen molar-refractivity contribution in [2.45, 2.75) is 11.3 Å². The van der Waals surface area contributed by atoms with Crippen LogP contribution >= 0.6 is 23.4 Å². The van der Waals surface area contributed by atoms with Gasteiger partial charge in [0.05, 0.1) is 19.0 Å². The van der Waals surface area contributed by atoms with Gasteiger partial charge in [0.15, 0.2) is 6.61 Å². The van der Waals surface area contributed by atoms with Crippen LogP contribution in [0.15, 0.2) is 82.8 Å². The van der Waals surface area contributed by atoms with Gasteiger partial charge >= 0.3 is 0 Å². The summed E-state index contributed by atoms with van der Waals surface area (Å²) in [7, 11) is 1.54. The molecule has 0 fully saturated rings. The molecule has 0 radical (unpaired) electrons. The second kappa shape index (κ2) is 13.3. The van der Waals surface area contributed by atoms with E-state index in [1.54, 1.807) is 61.5 Å².